The molecule has 3 heteroatoms. The number of fused-ring (bicyclic) bond motifs is 1. The zero-order chi connectivity index (χ0) is 9.26. The van der Waals surface area contributed by atoms with E-state index in [1.165, 1.54) is 6.07 Å². The van der Waals surface area contributed by atoms with E-state index in [0.29, 0.717) is 11.2 Å². The minimum atomic E-state index is -0.270. The Hall–Kier alpha value is -1.64. The van der Waals surface area contributed by atoms with Crippen LogP contribution in [0.1, 0.15) is 0 Å². The van der Waals surface area contributed by atoms with Crippen LogP contribution in [0.4, 0.5) is 10.1 Å². The molecule has 0 bridgehead atoms. The van der Waals surface area contributed by atoms with Crippen LogP contribution in [0.2, 0.25) is 0 Å². The number of benzene rings is 1. The zero-order valence-corrected chi connectivity index (χ0v) is 7.21. The van der Waals surface area contributed by atoms with Gasteiger partial charge in [0, 0.05) is 24.7 Å². The van der Waals surface area contributed by atoms with Gasteiger partial charge in [-0.3, -0.25) is 4.98 Å². The first-order valence-electron chi connectivity index (χ1n) is 4.03. The summed E-state index contributed by atoms with van der Waals surface area (Å²) in [6.45, 7) is 0. The van der Waals surface area contributed by atoms with Crippen molar-refractivity contribution in [3.05, 3.63) is 36.3 Å². The molecule has 0 aliphatic rings. The predicted octanol–water partition coefficient (Wildman–Crippen LogP) is 2.42. The van der Waals surface area contributed by atoms with Crippen molar-refractivity contribution in [1.29, 1.82) is 0 Å². The van der Waals surface area contributed by atoms with Gasteiger partial charge in [-0.1, -0.05) is 6.07 Å². The average Bonchev–Trinajstić information content (AvgIpc) is 2.17. The molecule has 2 aromatic rings. The van der Waals surface area contributed by atoms with Gasteiger partial charge in [-0.15, -0.1) is 0 Å². The average molecular weight is 176 g/mol. The minimum Gasteiger partial charge on any atom is -0.386 e. The lowest BCUT2D eigenvalue weighted by molar-refractivity contribution is 0.633. The van der Waals surface area contributed by atoms with Crippen LogP contribution in [0.25, 0.3) is 10.9 Å². The molecule has 1 heterocycles. The van der Waals surface area contributed by atoms with Crippen molar-refractivity contribution in [3.63, 3.8) is 0 Å². The molecule has 0 aliphatic heterocycles. The fraction of sp³-hybridized carbons (Fsp3) is 0.100. The van der Waals surface area contributed by atoms with Gasteiger partial charge >= 0.3 is 0 Å². The normalized spacial score (nSPS) is 10.3. The summed E-state index contributed by atoms with van der Waals surface area (Å²) in [6.07, 6.45) is 1.65. The van der Waals surface area contributed by atoms with Crippen molar-refractivity contribution >= 4 is 16.6 Å². The molecule has 2 nitrogen and oxygen atoms in total. The number of pyridine rings is 1. The Morgan fingerprint density at radius 3 is 3.00 bits per heavy atom. The van der Waals surface area contributed by atoms with E-state index in [9.17, 15) is 4.39 Å². The smallest absolute Gasteiger partial charge is 0.148 e. The molecule has 1 N–H and O–H groups in total. The summed E-state index contributed by atoms with van der Waals surface area (Å²) in [5, 5.41) is 3.72. The van der Waals surface area contributed by atoms with Gasteiger partial charge in [0.1, 0.15) is 5.82 Å². The Morgan fingerprint density at radius 2 is 2.23 bits per heavy atom. The van der Waals surface area contributed by atoms with Crippen LogP contribution in [-0.2, 0) is 0 Å². The standard InChI is InChI=1S/C10H9FN2/c1-12-10-5-7-3-2-4-13-9(7)6-8(10)11/h2-6,12H,1H3. The first-order chi connectivity index (χ1) is 6.31. The lowest BCUT2D eigenvalue weighted by Gasteiger charge is -2.03. The fourth-order valence-corrected chi connectivity index (χ4v) is 1.29. The first kappa shape index (κ1) is 7.98. The van der Waals surface area contributed by atoms with Gasteiger partial charge in [0.05, 0.1) is 11.2 Å². The highest BCUT2D eigenvalue weighted by Gasteiger charge is 2.02. The van der Waals surface area contributed by atoms with Gasteiger partial charge in [0.2, 0.25) is 0 Å². The molecule has 1 aromatic carbocycles. The molecule has 0 aliphatic carbocycles. The maximum Gasteiger partial charge on any atom is 0.148 e. The molecule has 0 spiro atoms. The lowest BCUT2D eigenvalue weighted by Crippen LogP contribution is -1.92. The Kier molecular flexibility index (Phi) is 1.85. The van der Waals surface area contributed by atoms with Gasteiger partial charge < -0.3 is 5.32 Å². The molecule has 0 radical (unpaired) electrons. The van der Waals surface area contributed by atoms with Gasteiger partial charge in [-0.05, 0) is 12.1 Å². The van der Waals surface area contributed by atoms with Crippen LogP contribution in [-0.4, -0.2) is 12.0 Å². The number of aromatic nitrogens is 1. The summed E-state index contributed by atoms with van der Waals surface area (Å²) in [6, 6.07) is 6.92. The van der Waals surface area contributed by atoms with Crippen molar-refractivity contribution < 1.29 is 4.39 Å². The SMILES string of the molecule is CNc1cc2cccnc2cc1F. The van der Waals surface area contributed by atoms with E-state index < -0.39 is 0 Å². The topological polar surface area (TPSA) is 24.9 Å². The quantitative estimate of drug-likeness (QED) is 0.721. The molecule has 66 valence electrons. The molecule has 13 heavy (non-hydrogen) atoms. The summed E-state index contributed by atoms with van der Waals surface area (Å²) in [4.78, 5) is 4.05. The summed E-state index contributed by atoms with van der Waals surface area (Å²) in [7, 11) is 1.70. The van der Waals surface area contributed by atoms with Crippen LogP contribution in [0.15, 0.2) is 30.5 Å². The molecular formula is C10H9FN2. The summed E-state index contributed by atoms with van der Waals surface area (Å²) in [5.41, 5.74) is 1.18. The second-order valence-electron chi connectivity index (χ2n) is 2.78. The maximum atomic E-state index is 13.2. The van der Waals surface area contributed by atoms with Gasteiger partial charge in [-0.25, -0.2) is 4.39 Å². The Morgan fingerprint density at radius 1 is 1.38 bits per heavy atom. The predicted molar refractivity (Wildman–Crippen MR) is 51.2 cm³/mol. The van der Waals surface area contributed by atoms with Crippen molar-refractivity contribution in [2.24, 2.45) is 0 Å². The van der Waals surface area contributed by atoms with Crippen LogP contribution >= 0.6 is 0 Å². The monoisotopic (exact) mass is 176 g/mol. The highest BCUT2D eigenvalue weighted by atomic mass is 19.1. The number of hydrogen-bond donors (Lipinski definition) is 1. The molecule has 0 fully saturated rings. The third-order valence-electron chi connectivity index (χ3n) is 1.96. The van der Waals surface area contributed by atoms with Gasteiger partial charge in [0.25, 0.3) is 0 Å². The highest BCUT2D eigenvalue weighted by Crippen LogP contribution is 2.20. The lowest BCUT2D eigenvalue weighted by atomic mass is 10.2. The fourth-order valence-electron chi connectivity index (χ4n) is 1.29. The summed E-state index contributed by atoms with van der Waals surface area (Å²) < 4.78 is 13.2. The Bertz CT molecular complexity index is 440. The van der Waals surface area contributed by atoms with E-state index in [2.05, 4.69) is 10.3 Å². The number of nitrogens with one attached hydrogen (secondary N) is 1. The largest absolute Gasteiger partial charge is 0.386 e. The highest BCUT2D eigenvalue weighted by molar-refractivity contribution is 5.82. The Balaban J connectivity index is 2.74. The summed E-state index contributed by atoms with van der Waals surface area (Å²) >= 11 is 0. The molecule has 0 amide bonds. The van der Waals surface area contributed by atoms with E-state index in [4.69, 9.17) is 0 Å². The van der Waals surface area contributed by atoms with Gasteiger partial charge in [-0.2, -0.15) is 0 Å². The molecule has 0 saturated heterocycles. The van der Waals surface area contributed by atoms with Crippen LogP contribution < -0.4 is 5.32 Å². The van der Waals surface area contributed by atoms with E-state index >= 15 is 0 Å². The number of anilines is 1. The van der Waals surface area contributed by atoms with Crippen molar-refractivity contribution in [3.8, 4) is 0 Å². The molecule has 0 atom stereocenters. The summed E-state index contributed by atoms with van der Waals surface area (Å²) in [5.74, 6) is -0.270. The third kappa shape index (κ3) is 1.33. The molecular weight excluding hydrogens is 167 g/mol. The van der Waals surface area contributed by atoms with Crippen LogP contribution in [0.5, 0.6) is 0 Å². The second-order valence-corrected chi connectivity index (χ2v) is 2.78. The number of nitrogens with zero attached hydrogens (tertiary/aromatic N) is 1. The van der Waals surface area contributed by atoms with Crippen molar-refractivity contribution in [2.45, 2.75) is 0 Å². The molecule has 0 saturated carbocycles. The van der Waals surface area contributed by atoms with Crippen LogP contribution in [0.3, 0.4) is 0 Å². The Labute approximate surface area is 75.4 Å². The van der Waals surface area contributed by atoms with E-state index in [0.717, 1.165) is 5.39 Å². The van der Waals surface area contributed by atoms with E-state index in [1.54, 1.807) is 19.3 Å². The molecule has 1 aromatic heterocycles. The zero-order valence-electron chi connectivity index (χ0n) is 7.21. The molecule has 2 rings (SSSR count). The van der Waals surface area contributed by atoms with E-state index in [-0.39, 0.29) is 5.82 Å². The van der Waals surface area contributed by atoms with Crippen molar-refractivity contribution in [1.82, 2.24) is 4.98 Å². The molecule has 0 unspecified atom stereocenters. The van der Waals surface area contributed by atoms with Crippen LogP contribution in [0, 0.1) is 5.82 Å². The van der Waals surface area contributed by atoms with Crippen molar-refractivity contribution in [2.75, 3.05) is 12.4 Å². The number of hydrogen-bond acceptors (Lipinski definition) is 2. The third-order valence-corrected chi connectivity index (χ3v) is 1.96. The van der Waals surface area contributed by atoms with Gasteiger partial charge in [0.15, 0.2) is 0 Å². The minimum absolute atomic E-state index is 0.270. The van der Waals surface area contributed by atoms with E-state index in [1.807, 2.05) is 12.1 Å². The second kappa shape index (κ2) is 3.01. The number of rotatable bonds is 1. The maximum absolute atomic E-state index is 13.2. The first-order valence-corrected chi connectivity index (χ1v) is 4.03. The number of halogens is 1.